The topological polar surface area (TPSA) is 35.2 Å². The van der Waals surface area contributed by atoms with Gasteiger partial charge in [-0.15, -0.1) is 0 Å². The van der Waals surface area contributed by atoms with Crippen molar-refractivity contribution in [1.82, 2.24) is 0 Å². The first kappa shape index (κ1) is 12.2. The Morgan fingerprint density at radius 1 is 1.21 bits per heavy atom. The standard InChI is InChI=1S/C16H16FNO/c17-12-5-3-4-11(8-12)9-15(18)14-10-19-16-7-2-1-6-13(14)16/h1-8,14-15H,9-10,18H2. The number of rotatable bonds is 3. The van der Waals surface area contributed by atoms with Crippen LogP contribution < -0.4 is 10.5 Å². The van der Waals surface area contributed by atoms with Crippen LogP contribution in [0.5, 0.6) is 5.75 Å². The second-order valence-electron chi connectivity index (χ2n) is 4.95. The zero-order valence-electron chi connectivity index (χ0n) is 10.6. The van der Waals surface area contributed by atoms with Crippen LogP contribution in [-0.4, -0.2) is 12.6 Å². The SMILES string of the molecule is NC(Cc1cccc(F)c1)C1COc2ccccc21. The Morgan fingerprint density at radius 2 is 2.05 bits per heavy atom. The molecule has 3 rings (SSSR count). The summed E-state index contributed by atoms with van der Waals surface area (Å²) in [5.41, 5.74) is 8.36. The summed E-state index contributed by atoms with van der Waals surface area (Å²) >= 11 is 0. The van der Waals surface area contributed by atoms with Crippen LogP contribution in [0.25, 0.3) is 0 Å². The quantitative estimate of drug-likeness (QED) is 0.917. The maximum atomic E-state index is 13.2. The van der Waals surface area contributed by atoms with Gasteiger partial charge in [0.2, 0.25) is 0 Å². The Kier molecular flexibility index (Phi) is 3.22. The van der Waals surface area contributed by atoms with E-state index in [1.807, 2.05) is 24.3 Å². The molecule has 0 aliphatic carbocycles. The van der Waals surface area contributed by atoms with E-state index in [1.165, 1.54) is 6.07 Å². The maximum absolute atomic E-state index is 13.2. The molecule has 1 aliphatic rings. The summed E-state index contributed by atoms with van der Waals surface area (Å²) in [6, 6.07) is 14.5. The lowest BCUT2D eigenvalue weighted by Gasteiger charge is -2.18. The van der Waals surface area contributed by atoms with Crippen molar-refractivity contribution >= 4 is 0 Å². The van der Waals surface area contributed by atoms with Gasteiger partial charge in [-0.1, -0.05) is 30.3 Å². The van der Waals surface area contributed by atoms with E-state index in [1.54, 1.807) is 12.1 Å². The summed E-state index contributed by atoms with van der Waals surface area (Å²) in [7, 11) is 0. The normalized spacial score (nSPS) is 18.7. The molecule has 19 heavy (non-hydrogen) atoms. The zero-order valence-corrected chi connectivity index (χ0v) is 10.6. The van der Waals surface area contributed by atoms with E-state index >= 15 is 0 Å². The van der Waals surface area contributed by atoms with E-state index < -0.39 is 0 Å². The lowest BCUT2D eigenvalue weighted by atomic mass is 9.90. The Morgan fingerprint density at radius 3 is 2.89 bits per heavy atom. The van der Waals surface area contributed by atoms with Gasteiger partial charge < -0.3 is 10.5 Å². The summed E-state index contributed by atoms with van der Waals surface area (Å²) in [5.74, 6) is 0.884. The highest BCUT2D eigenvalue weighted by atomic mass is 19.1. The van der Waals surface area contributed by atoms with Gasteiger partial charge in [-0.25, -0.2) is 4.39 Å². The van der Waals surface area contributed by atoms with Crippen molar-refractivity contribution in [2.24, 2.45) is 5.73 Å². The van der Waals surface area contributed by atoms with Gasteiger partial charge in [0.1, 0.15) is 11.6 Å². The fraction of sp³-hybridized carbons (Fsp3) is 0.250. The van der Waals surface area contributed by atoms with Gasteiger partial charge in [-0.05, 0) is 30.2 Å². The van der Waals surface area contributed by atoms with E-state index in [0.717, 1.165) is 16.9 Å². The largest absolute Gasteiger partial charge is 0.493 e. The van der Waals surface area contributed by atoms with Gasteiger partial charge in [0.15, 0.2) is 0 Å². The highest BCUT2D eigenvalue weighted by Gasteiger charge is 2.28. The number of hydrogen-bond acceptors (Lipinski definition) is 2. The van der Waals surface area contributed by atoms with E-state index in [4.69, 9.17) is 10.5 Å². The molecule has 3 heteroatoms. The third kappa shape index (κ3) is 2.47. The predicted octanol–water partition coefficient (Wildman–Crippen LogP) is 2.87. The minimum Gasteiger partial charge on any atom is -0.493 e. The van der Waals surface area contributed by atoms with Crippen molar-refractivity contribution < 1.29 is 9.13 Å². The fourth-order valence-corrected chi connectivity index (χ4v) is 2.62. The number of ether oxygens (including phenoxy) is 1. The molecule has 1 heterocycles. The molecule has 2 aromatic carbocycles. The first-order valence-electron chi connectivity index (χ1n) is 6.46. The first-order chi connectivity index (χ1) is 9.24. The number of halogens is 1. The monoisotopic (exact) mass is 257 g/mol. The second kappa shape index (κ2) is 5.02. The van der Waals surface area contributed by atoms with Gasteiger partial charge in [-0.2, -0.15) is 0 Å². The third-order valence-corrected chi connectivity index (χ3v) is 3.61. The lowest BCUT2D eigenvalue weighted by molar-refractivity contribution is 0.313. The molecule has 98 valence electrons. The molecule has 2 unspecified atom stereocenters. The van der Waals surface area contributed by atoms with Gasteiger partial charge in [-0.3, -0.25) is 0 Å². The molecule has 1 aliphatic heterocycles. The van der Waals surface area contributed by atoms with Crippen LogP contribution >= 0.6 is 0 Å². The fourth-order valence-electron chi connectivity index (χ4n) is 2.62. The van der Waals surface area contributed by atoms with Crippen LogP contribution in [0.15, 0.2) is 48.5 Å². The van der Waals surface area contributed by atoms with Gasteiger partial charge >= 0.3 is 0 Å². The number of nitrogens with two attached hydrogens (primary N) is 1. The summed E-state index contributed by atoms with van der Waals surface area (Å²) < 4.78 is 18.8. The Bertz CT molecular complexity index is 584. The van der Waals surface area contributed by atoms with Crippen LogP contribution in [0.1, 0.15) is 17.0 Å². The van der Waals surface area contributed by atoms with Gasteiger partial charge in [0.05, 0.1) is 6.61 Å². The number of hydrogen-bond donors (Lipinski definition) is 1. The van der Waals surface area contributed by atoms with Crippen molar-refractivity contribution in [2.45, 2.75) is 18.4 Å². The number of para-hydroxylation sites is 1. The summed E-state index contributed by atoms with van der Waals surface area (Å²) in [6.07, 6.45) is 0.653. The molecule has 0 aromatic heterocycles. The molecule has 0 amide bonds. The molecule has 2 atom stereocenters. The van der Waals surface area contributed by atoms with Crippen LogP contribution in [0.3, 0.4) is 0 Å². The van der Waals surface area contributed by atoms with Crippen LogP contribution in [0.4, 0.5) is 4.39 Å². The minimum absolute atomic E-state index is 0.0644. The second-order valence-corrected chi connectivity index (χ2v) is 4.95. The minimum atomic E-state index is -0.215. The molecule has 0 spiro atoms. The van der Waals surface area contributed by atoms with Crippen molar-refractivity contribution in [1.29, 1.82) is 0 Å². The smallest absolute Gasteiger partial charge is 0.123 e. The summed E-state index contributed by atoms with van der Waals surface area (Å²) in [5, 5.41) is 0. The zero-order chi connectivity index (χ0) is 13.2. The van der Waals surface area contributed by atoms with E-state index in [9.17, 15) is 4.39 Å². The Labute approximate surface area is 112 Å². The maximum Gasteiger partial charge on any atom is 0.123 e. The number of fused-ring (bicyclic) bond motifs is 1. The molecular formula is C16H16FNO. The number of benzene rings is 2. The van der Waals surface area contributed by atoms with E-state index in [0.29, 0.717) is 13.0 Å². The van der Waals surface area contributed by atoms with Crippen molar-refractivity contribution in [3.05, 3.63) is 65.5 Å². The van der Waals surface area contributed by atoms with Crippen molar-refractivity contribution in [3.8, 4) is 5.75 Å². The molecule has 2 aromatic rings. The highest BCUT2D eigenvalue weighted by molar-refractivity contribution is 5.40. The van der Waals surface area contributed by atoms with Crippen LogP contribution in [0.2, 0.25) is 0 Å². The molecule has 0 saturated heterocycles. The molecule has 0 radical (unpaired) electrons. The first-order valence-corrected chi connectivity index (χ1v) is 6.46. The summed E-state index contributed by atoms with van der Waals surface area (Å²) in [4.78, 5) is 0. The predicted molar refractivity (Wildman–Crippen MR) is 72.8 cm³/mol. The third-order valence-electron chi connectivity index (χ3n) is 3.61. The summed E-state index contributed by atoms with van der Waals surface area (Å²) in [6.45, 7) is 0.607. The van der Waals surface area contributed by atoms with Crippen LogP contribution in [0, 0.1) is 5.82 Å². The van der Waals surface area contributed by atoms with E-state index in [-0.39, 0.29) is 17.8 Å². The molecule has 0 fully saturated rings. The average molecular weight is 257 g/mol. The van der Waals surface area contributed by atoms with Crippen LogP contribution in [-0.2, 0) is 6.42 Å². The highest BCUT2D eigenvalue weighted by Crippen LogP contribution is 2.35. The molecule has 0 bridgehead atoms. The van der Waals surface area contributed by atoms with Crippen molar-refractivity contribution in [3.63, 3.8) is 0 Å². The van der Waals surface area contributed by atoms with Gasteiger partial charge in [0.25, 0.3) is 0 Å². The van der Waals surface area contributed by atoms with Gasteiger partial charge in [0, 0.05) is 17.5 Å². The van der Waals surface area contributed by atoms with E-state index in [2.05, 4.69) is 6.07 Å². The average Bonchev–Trinajstić information content (AvgIpc) is 2.82. The van der Waals surface area contributed by atoms with Crippen molar-refractivity contribution in [2.75, 3.05) is 6.61 Å². The molecule has 2 nitrogen and oxygen atoms in total. The Balaban J connectivity index is 1.77. The molecule has 0 saturated carbocycles. The lowest BCUT2D eigenvalue weighted by Crippen LogP contribution is -2.31. The molecular weight excluding hydrogens is 241 g/mol. The Hall–Kier alpha value is -1.87. The molecule has 2 N–H and O–H groups in total.